The molecule has 1 unspecified atom stereocenters. The maximum absolute atomic E-state index is 9.55. The first-order chi connectivity index (χ1) is 10.1. The summed E-state index contributed by atoms with van der Waals surface area (Å²) in [4.78, 5) is 0. The lowest BCUT2D eigenvalue weighted by Crippen LogP contribution is -1.92. The summed E-state index contributed by atoms with van der Waals surface area (Å²) in [5.41, 5.74) is 0.769. The molecule has 1 atom stereocenters. The third kappa shape index (κ3) is 3.02. The summed E-state index contributed by atoms with van der Waals surface area (Å²) in [6.07, 6.45) is -0.544. The highest BCUT2D eigenvalue weighted by Crippen LogP contribution is 2.32. The van der Waals surface area contributed by atoms with Gasteiger partial charge in [0.15, 0.2) is 0 Å². The van der Waals surface area contributed by atoms with E-state index < -0.39 is 6.10 Å². The smallest absolute Gasteiger partial charge is 0.146 e. The maximum atomic E-state index is 9.55. The van der Waals surface area contributed by atoms with Crippen LogP contribution in [0.1, 0.15) is 18.6 Å². The number of fused-ring (bicyclic) bond motifs is 1. The molecule has 0 saturated heterocycles. The van der Waals surface area contributed by atoms with Crippen molar-refractivity contribution in [2.45, 2.75) is 13.0 Å². The first kappa shape index (κ1) is 13.9. The lowest BCUT2D eigenvalue weighted by atomic mass is 10.1. The van der Waals surface area contributed by atoms with E-state index in [1.165, 1.54) is 5.39 Å². The summed E-state index contributed by atoms with van der Waals surface area (Å²) < 4.78 is 5.84. The molecule has 3 aromatic rings. The highest BCUT2D eigenvalue weighted by atomic mass is 35.5. The zero-order valence-electron chi connectivity index (χ0n) is 11.6. The Kier molecular flexibility index (Phi) is 3.82. The minimum atomic E-state index is -0.544. The molecule has 2 nitrogen and oxygen atoms in total. The Labute approximate surface area is 128 Å². The van der Waals surface area contributed by atoms with E-state index in [0.29, 0.717) is 10.8 Å². The molecular weight excluding hydrogens is 284 g/mol. The third-order valence-electron chi connectivity index (χ3n) is 3.39. The summed E-state index contributed by atoms with van der Waals surface area (Å²) >= 11 is 6.21. The van der Waals surface area contributed by atoms with Gasteiger partial charge in [0.1, 0.15) is 11.5 Å². The molecule has 3 heteroatoms. The fraction of sp³-hybridized carbons (Fsp3) is 0.111. The average Bonchev–Trinajstić information content (AvgIpc) is 2.49. The molecule has 0 aromatic heterocycles. The molecule has 0 radical (unpaired) electrons. The Balaban J connectivity index is 1.91. The van der Waals surface area contributed by atoms with Gasteiger partial charge in [-0.1, -0.05) is 48.0 Å². The number of aliphatic hydroxyl groups is 1. The highest BCUT2D eigenvalue weighted by molar-refractivity contribution is 6.32. The van der Waals surface area contributed by atoms with E-state index in [9.17, 15) is 5.11 Å². The summed E-state index contributed by atoms with van der Waals surface area (Å²) in [5, 5.41) is 12.3. The molecule has 0 bridgehead atoms. The van der Waals surface area contributed by atoms with Gasteiger partial charge in [0.05, 0.1) is 11.1 Å². The number of hydrogen-bond acceptors (Lipinski definition) is 2. The molecule has 21 heavy (non-hydrogen) atoms. The molecular formula is C18H15ClO2. The number of benzene rings is 3. The summed E-state index contributed by atoms with van der Waals surface area (Å²) in [5.74, 6) is 1.32. The Morgan fingerprint density at radius 3 is 2.43 bits per heavy atom. The molecule has 0 aliphatic carbocycles. The van der Waals surface area contributed by atoms with Crippen molar-refractivity contribution in [3.63, 3.8) is 0 Å². The van der Waals surface area contributed by atoms with Crippen molar-refractivity contribution in [1.82, 2.24) is 0 Å². The average molecular weight is 299 g/mol. The number of aliphatic hydroxyl groups excluding tert-OH is 1. The van der Waals surface area contributed by atoms with Crippen LogP contribution in [0.5, 0.6) is 11.5 Å². The van der Waals surface area contributed by atoms with Crippen molar-refractivity contribution in [1.29, 1.82) is 0 Å². The number of rotatable bonds is 3. The third-order valence-corrected chi connectivity index (χ3v) is 3.68. The van der Waals surface area contributed by atoms with Gasteiger partial charge in [-0.15, -0.1) is 0 Å². The molecule has 0 heterocycles. The van der Waals surface area contributed by atoms with Crippen LogP contribution in [0.4, 0.5) is 0 Å². The molecule has 0 aliphatic rings. The standard InChI is InChI=1S/C18H15ClO2/c1-12(20)14-7-9-18(17(19)11-14)21-16-8-6-13-4-2-3-5-15(13)10-16/h2-12,20H,1H3. The number of halogens is 1. The second-order valence-corrected chi connectivity index (χ2v) is 5.38. The largest absolute Gasteiger partial charge is 0.456 e. The monoisotopic (exact) mass is 298 g/mol. The fourth-order valence-corrected chi connectivity index (χ4v) is 2.45. The minimum absolute atomic E-state index is 0.488. The number of hydrogen-bond donors (Lipinski definition) is 1. The first-order valence-electron chi connectivity index (χ1n) is 6.77. The molecule has 3 rings (SSSR count). The van der Waals surface area contributed by atoms with Crippen LogP contribution < -0.4 is 4.74 Å². The van der Waals surface area contributed by atoms with Crippen molar-refractivity contribution in [3.05, 3.63) is 71.2 Å². The topological polar surface area (TPSA) is 29.5 Å². The van der Waals surface area contributed by atoms with Crippen LogP contribution in [-0.2, 0) is 0 Å². The normalized spacial score (nSPS) is 12.3. The second-order valence-electron chi connectivity index (χ2n) is 4.98. The molecule has 0 amide bonds. The molecule has 106 valence electrons. The van der Waals surface area contributed by atoms with Gasteiger partial charge in [-0.25, -0.2) is 0 Å². The van der Waals surface area contributed by atoms with Crippen LogP contribution >= 0.6 is 11.6 Å². The Bertz CT molecular complexity index is 781. The summed E-state index contributed by atoms with van der Waals surface area (Å²) in [6, 6.07) is 19.3. The van der Waals surface area contributed by atoms with Crippen LogP contribution in [0.3, 0.4) is 0 Å². The molecule has 3 aromatic carbocycles. The second kappa shape index (κ2) is 5.76. The predicted octanol–water partition coefficient (Wildman–Crippen LogP) is 5.34. The minimum Gasteiger partial charge on any atom is -0.456 e. The van der Waals surface area contributed by atoms with E-state index >= 15 is 0 Å². The van der Waals surface area contributed by atoms with Gasteiger partial charge < -0.3 is 9.84 Å². The maximum Gasteiger partial charge on any atom is 0.146 e. The lowest BCUT2D eigenvalue weighted by Gasteiger charge is -2.11. The zero-order chi connectivity index (χ0) is 14.8. The van der Waals surface area contributed by atoms with Crippen molar-refractivity contribution >= 4 is 22.4 Å². The van der Waals surface area contributed by atoms with Gasteiger partial charge in [0, 0.05) is 0 Å². The Hall–Kier alpha value is -2.03. The SMILES string of the molecule is CC(O)c1ccc(Oc2ccc3ccccc3c2)c(Cl)c1. The van der Waals surface area contributed by atoms with Gasteiger partial charge >= 0.3 is 0 Å². The molecule has 0 aliphatic heterocycles. The molecule has 1 N–H and O–H groups in total. The molecule has 0 spiro atoms. The van der Waals surface area contributed by atoms with E-state index in [4.69, 9.17) is 16.3 Å². The van der Waals surface area contributed by atoms with Crippen molar-refractivity contribution in [2.75, 3.05) is 0 Å². The van der Waals surface area contributed by atoms with E-state index in [2.05, 4.69) is 6.07 Å². The van der Waals surface area contributed by atoms with Gasteiger partial charge in [-0.3, -0.25) is 0 Å². The zero-order valence-corrected chi connectivity index (χ0v) is 12.3. The molecule has 0 fully saturated rings. The van der Waals surface area contributed by atoms with Crippen LogP contribution in [0, 0.1) is 0 Å². The van der Waals surface area contributed by atoms with E-state index in [1.807, 2.05) is 42.5 Å². The van der Waals surface area contributed by atoms with Gasteiger partial charge in [-0.2, -0.15) is 0 Å². The van der Waals surface area contributed by atoms with Crippen molar-refractivity contribution in [3.8, 4) is 11.5 Å². The van der Waals surface area contributed by atoms with E-state index in [0.717, 1.165) is 16.7 Å². The summed E-state index contributed by atoms with van der Waals surface area (Å²) in [7, 11) is 0. The van der Waals surface area contributed by atoms with Crippen molar-refractivity contribution < 1.29 is 9.84 Å². The Morgan fingerprint density at radius 2 is 1.71 bits per heavy atom. The van der Waals surface area contributed by atoms with E-state index in [1.54, 1.807) is 19.1 Å². The highest BCUT2D eigenvalue weighted by Gasteiger charge is 2.08. The van der Waals surface area contributed by atoms with Gasteiger partial charge in [0.25, 0.3) is 0 Å². The van der Waals surface area contributed by atoms with Crippen molar-refractivity contribution in [2.24, 2.45) is 0 Å². The Morgan fingerprint density at radius 1 is 0.952 bits per heavy atom. The summed E-state index contributed by atoms with van der Waals surface area (Å²) in [6.45, 7) is 1.70. The van der Waals surface area contributed by atoms with Gasteiger partial charge in [0.2, 0.25) is 0 Å². The first-order valence-corrected chi connectivity index (χ1v) is 7.15. The number of ether oxygens (including phenoxy) is 1. The fourth-order valence-electron chi connectivity index (χ4n) is 2.22. The lowest BCUT2D eigenvalue weighted by molar-refractivity contribution is 0.199. The van der Waals surface area contributed by atoms with Gasteiger partial charge in [-0.05, 0) is 47.5 Å². The quantitative estimate of drug-likeness (QED) is 0.707. The van der Waals surface area contributed by atoms with Crippen LogP contribution in [0.15, 0.2) is 60.7 Å². The van der Waals surface area contributed by atoms with Crippen LogP contribution in [-0.4, -0.2) is 5.11 Å². The van der Waals surface area contributed by atoms with Crippen LogP contribution in [0.25, 0.3) is 10.8 Å². The van der Waals surface area contributed by atoms with Crippen LogP contribution in [0.2, 0.25) is 5.02 Å². The van der Waals surface area contributed by atoms with E-state index in [-0.39, 0.29) is 0 Å². The molecule has 0 saturated carbocycles. The predicted molar refractivity (Wildman–Crippen MR) is 86.1 cm³/mol.